The van der Waals surface area contributed by atoms with Crippen molar-refractivity contribution in [3.63, 3.8) is 0 Å². The molecule has 1 aromatic heterocycles. The summed E-state index contributed by atoms with van der Waals surface area (Å²) in [4.78, 5) is 37.9. The number of hydrogen-bond donors (Lipinski definition) is 2. The fraction of sp³-hybridized carbons (Fsp3) is 0.273. The molecule has 11 heteroatoms. The predicted octanol–water partition coefficient (Wildman–Crippen LogP) is 2.72. The van der Waals surface area contributed by atoms with E-state index in [1.165, 1.54) is 16.8 Å². The maximum Gasteiger partial charge on any atom is 0.290 e. The molecule has 0 saturated heterocycles. The average Bonchev–Trinajstić information content (AvgIpc) is 2.78. The zero-order valence-electron chi connectivity index (χ0n) is 18.1. The number of carbonyl (C=O) groups excluding carboxylic acids is 2. The van der Waals surface area contributed by atoms with Crippen LogP contribution in [0.1, 0.15) is 47.0 Å². The van der Waals surface area contributed by atoms with Gasteiger partial charge in [-0.05, 0) is 30.7 Å². The molecule has 0 radical (unpaired) electrons. The summed E-state index contributed by atoms with van der Waals surface area (Å²) in [7, 11) is -3.65. The second-order valence-electron chi connectivity index (χ2n) is 7.46. The van der Waals surface area contributed by atoms with Gasteiger partial charge in [-0.15, -0.1) is 0 Å². The Labute approximate surface area is 195 Å². The van der Waals surface area contributed by atoms with Crippen LogP contribution in [0, 0.1) is 0 Å². The lowest BCUT2D eigenvalue weighted by molar-refractivity contribution is 0.0843. The van der Waals surface area contributed by atoms with Crippen molar-refractivity contribution in [3.05, 3.63) is 69.1 Å². The number of aromatic nitrogens is 2. The Kier molecular flexibility index (Phi) is 7.50. The molecule has 174 valence electrons. The number of amides is 2. The van der Waals surface area contributed by atoms with Gasteiger partial charge in [0.15, 0.2) is 15.5 Å². The number of nitrogens with one attached hydrogen (secondary N) is 2. The number of halogens is 1. The van der Waals surface area contributed by atoms with Gasteiger partial charge in [-0.2, -0.15) is 5.10 Å². The molecule has 0 atom stereocenters. The quantitative estimate of drug-likeness (QED) is 0.387. The van der Waals surface area contributed by atoms with Crippen LogP contribution in [0.4, 0.5) is 0 Å². The van der Waals surface area contributed by atoms with Gasteiger partial charge in [0.2, 0.25) is 0 Å². The number of hydrogen-bond acceptors (Lipinski definition) is 6. The van der Waals surface area contributed by atoms with Gasteiger partial charge < -0.3 is 0 Å². The van der Waals surface area contributed by atoms with Crippen molar-refractivity contribution in [2.24, 2.45) is 0 Å². The third-order valence-electron chi connectivity index (χ3n) is 4.94. The predicted molar refractivity (Wildman–Crippen MR) is 125 cm³/mol. The number of fused-ring (bicyclic) bond motifs is 1. The van der Waals surface area contributed by atoms with E-state index in [4.69, 9.17) is 11.6 Å². The molecule has 3 rings (SSSR count). The number of carbonyl (C=O) groups is 2. The molecule has 0 aliphatic carbocycles. The minimum atomic E-state index is -3.65. The van der Waals surface area contributed by atoms with Crippen LogP contribution >= 0.6 is 11.6 Å². The van der Waals surface area contributed by atoms with Crippen molar-refractivity contribution in [3.8, 4) is 0 Å². The number of aryl methyl sites for hydroxylation is 1. The number of unbranched alkanes of at least 4 members (excludes halogenated alkanes) is 2. The van der Waals surface area contributed by atoms with Gasteiger partial charge in [0.1, 0.15) is 0 Å². The van der Waals surface area contributed by atoms with E-state index in [1.54, 1.807) is 24.3 Å². The molecular formula is C22H23ClN4O5S. The molecule has 0 spiro atoms. The molecule has 0 bridgehead atoms. The maximum atomic E-state index is 12.8. The van der Waals surface area contributed by atoms with Gasteiger partial charge in [-0.25, -0.2) is 13.1 Å². The molecule has 0 aliphatic rings. The van der Waals surface area contributed by atoms with Gasteiger partial charge in [-0.3, -0.25) is 25.2 Å². The van der Waals surface area contributed by atoms with E-state index in [-0.39, 0.29) is 26.7 Å². The summed E-state index contributed by atoms with van der Waals surface area (Å²) in [5.41, 5.74) is 4.20. The van der Waals surface area contributed by atoms with Crippen LogP contribution in [0.3, 0.4) is 0 Å². The molecule has 0 saturated carbocycles. The van der Waals surface area contributed by atoms with Crippen molar-refractivity contribution in [2.45, 2.75) is 37.6 Å². The normalized spacial score (nSPS) is 11.4. The Bertz CT molecular complexity index is 1390. The lowest BCUT2D eigenvalue weighted by Crippen LogP contribution is -2.42. The molecule has 33 heavy (non-hydrogen) atoms. The van der Waals surface area contributed by atoms with Gasteiger partial charge in [0, 0.05) is 23.8 Å². The monoisotopic (exact) mass is 490 g/mol. The molecule has 0 fully saturated rings. The van der Waals surface area contributed by atoms with Crippen LogP contribution in [0.15, 0.2) is 52.2 Å². The van der Waals surface area contributed by atoms with Gasteiger partial charge >= 0.3 is 0 Å². The van der Waals surface area contributed by atoms with Crippen molar-refractivity contribution in [1.82, 2.24) is 20.6 Å². The summed E-state index contributed by atoms with van der Waals surface area (Å²) in [5.74, 6) is -1.47. The van der Waals surface area contributed by atoms with E-state index >= 15 is 0 Å². The Hall–Kier alpha value is -3.24. The van der Waals surface area contributed by atoms with Crippen molar-refractivity contribution in [1.29, 1.82) is 0 Å². The average molecular weight is 491 g/mol. The van der Waals surface area contributed by atoms with Gasteiger partial charge in [0.05, 0.1) is 15.3 Å². The summed E-state index contributed by atoms with van der Waals surface area (Å²) in [6.45, 7) is 2.40. The van der Waals surface area contributed by atoms with E-state index in [1.807, 2.05) is 6.92 Å². The van der Waals surface area contributed by atoms with Crippen LogP contribution in [0.5, 0.6) is 0 Å². The second-order valence-corrected chi connectivity index (χ2v) is 9.85. The number of sulfone groups is 1. The third-order valence-corrected chi connectivity index (χ3v) is 6.52. The molecule has 2 amide bonds. The van der Waals surface area contributed by atoms with E-state index in [0.29, 0.717) is 17.3 Å². The highest BCUT2D eigenvalue weighted by Gasteiger charge is 2.19. The summed E-state index contributed by atoms with van der Waals surface area (Å²) in [5, 5.41) is 4.91. The topological polar surface area (TPSA) is 127 Å². The first-order chi connectivity index (χ1) is 15.6. The van der Waals surface area contributed by atoms with Crippen LogP contribution in [-0.2, 0) is 16.4 Å². The van der Waals surface area contributed by atoms with Crippen LogP contribution < -0.4 is 16.4 Å². The van der Waals surface area contributed by atoms with Crippen molar-refractivity contribution < 1.29 is 18.0 Å². The van der Waals surface area contributed by atoms with Crippen LogP contribution in [0.2, 0.25) is 5.02 Å². The van der Waals surface area contributed by atoms with E-state index in [0.717, 1.165) is 31.6 Å². The van der Waals surface area contributed by atoms with E-state index in [2.05, 4.69) is 16.0 Å². The number of benzene rings is 2. The van der Waals surface area contributed by atoms with Crippen LogP contribution in [-0.4, -0.2) is 36.3 Å². The smallest absolute Gasteiger partial charge is 0.267 e. The summed E-state index contributed by atoms with van der Waals surface area (Å²) < 4.78 is 24.9. The first-order valence-electron chi connectivity index (χ1n) is 10.2. The minimum absolute atomic E-state index is 0.0116. The Morgan fingerprint density at radius 3 is 2.36 bits per heavy atom. The second kappa shape index (κ2) is 10.1. The number of rotatable bonds is 7. The van der Waals surface area contributed by atoms with E-state index < -0.39 is 21.7 Å². The van der Waals surface area contributed by atoms with Crippen LogP contribution in [0.25, 0.3) is 10.8 Å². The zero-order valence-corrected chi connectivity index (χ0v) is 19.7. The molecule has 1 heterocycles. The standard InChI is InChI=1S/C22H23ClN4O5S/c1-3-4-7-12-27-22(30)16-9-6-5-8-15(16)19(26-27)21(29)25-24-20(28)14-10-11-17(23)18(13-14)33(2,31)32/h5-6,8-11,13H,3-4,7,12H2,1-2H3,(H,24,28)(H,25,29). The Balaban J connectivity index is 1.86. The first kappa shape index (κ1) is 24.4. The number of nitrogens with zero attached hydrogens (tertiary/aromatic N) is 2. The van der Waals surface area contributed by atoms with Gasteiger partial charge in [-0.1, -0.05) is 49.6 Å². The lowest BCUT2D eigenvalue weighted by atomic mass is 10.1. The zero-order chi connectivity index (χ0) is 24.2. The molecule has 0 unspecified atom stereocenters. The lowest BCUT2D eigenvalue weighted by Gasteiger charge is -2.12. The van der Waals surface area contributed by atoms with Crippen molar-refractivity contribution >= 4 is 44.0 Å². The summed E-state index contributed by atoms with van der Waals surface area (Å²) in [6.07, 6.45) is 3.59. The minimum Gasteiger partial charge on any atom is -0.267 e. The maximum absolute atomic E-state index is 12.8. The highest BCUT2D eigenvalue weighted by atomic mass is 35.5. The Morgan fingerprint density at radius 1 is 1.03 bits per heavy atom. The first-order valence-corrected chi connectivity index (χ1v) is 12.5. The largest absolute Gasteiger partial charge is 0.290 e. The Morgan fingerprint density at radius 2 is 1.70 bits per heavy atom. The van der Waals surface area contributed by atoms with Crippen molar-refractivity contribution in [2.75, 3.05) is 6.26 Å². The third kappa shape index (κ3) is 5.58. The fourth-order valence-corrected chi connectivity index (χ4v) is 4.54. The molecular weight excluding hydrogens is 468 g/mol. The summed E-state index contributed by atoms with van der Waals surface area (Å²) >= 11 is 5.90. The molecule has 3 aromatic rings. The molecule has 0 aliphatic heterocycles. The molecule has 2 aromatic carbocycles. The molecule has 9 nitrogen and oxygen atoms in total. The fourth-order valence-electron chi connectivity index (χ4n) is 3.24. The molecule has 2 N–H and O–H groups in total. The highest BCUT2D eigenvalue weighted by Crippen LogP contribution is 2.22. The number of hydrazine groups is 1. The summed E-state index contributed by atoms with van der Waals surface area (Å²) in [6, 6.07) is 10.3. The van der Waals surface area contributed by atoms with Gasteiger partial charge in [0.25, 0.3) is 17.4 Å². The van der Waals surface area contributed by atoms with E-state index in [9.17, 15) is 22.8 Å². The highest BCUT2D eigenvalue weighted by molar-refractivity contribution is 7.90. The SMILES string of the molecule is CCCCCn1nc(C(=O)NNC(=O)c2ccc(Cl)c(S(C)(=O)=O)c2)c2ccccc2c1=O.